The van der Waals surface area contributed by atoms with E-state index in [0.717, 1.165) is 32.0 Å². The molecule has 27 heavy (non-hydrogen) atoms. The highest BCUT2D eigenvalue weighted by atomic mass is 35.5. The number of aromatic nitrogens is 3. The number of amides is 1. The summed E-state index contributed by atoms with van der Waals surface area (Å²) in [6.07, 6.45) is 0. The van der Waals surface area contributed by atoms with Crippen LogP contribution < -0.4 is 5.32 Å². The van der Waals surface area contributed by atoms with E-state index in [2.05, 4.69) is 34.1 Å². The molecular weight excluding hydrogens is 366 g/mol. The predicted molar refractivity (Wildman–Crippen MR) is 104 cm³/mol. The normalized spacial score (nSPS) is 16.5. The highest BCUT2D eigenvalue weighted by Gasteiger charge is 2.25. The predicted octanol–water partition coefficient (Wildman–Crippen LogP) is 2.32. The van der Waals surface area contributed by atoms with E-state index < -0.39 is 0 Å². The monoisotopic (exact) mass is 391 g/mol. The lowest BCUT2D eigenvalue weighted by atomic mass is 10.0. The van der Waals surface area contributed by atoms with Gasteiger partial charge < -0.3 is 10.1 Å². The maximum absolute atomic E-state index is 12.6. The number of ether oxygens (including phenoxy) is 1. The molecule has 1 aliphatic rings. The van der Waals surface area contributed by atoms with Gasteiger partial charge in [-0.3, -0.25) is 9.69 Å². The van der Waals surface area contributed by atoms with E-state index in [0.29, 0.717) is 23.3 Å². The first-order valence-corrected chi connectivity index (χ1v) is 9.63. The summed E-state index contributed by atoms with van der Waals surface area (Å²) in [7, 11) is 0. The number of benzene rings is 1. The van der Waals surface area contributed by atoms with Crippen LogP contribution in [-0.4, -0.2) is 64.5 Å². The van der Waals surface area contributed by atoms with Crippen LogP contribution in [0.5, 0.6) is 0 Å². The van der Waals surface area contributed by atoms with Gasteiger partial charge in [0.2, 0.25) is 5.82 Å². The van der Waals surface area contributed by atoms with Crippen LogP contribution in [0.3, 0.4) is 0 Å². The van der Waals surface area contributed by atoms with Crippen LogP contribution in [0.25, 0.3) is 5.69 Å². The smallest absolute Gasteiger partial charge is 0.291 e. The molecule has 2 aromatic rings. The largest absolute Gasteiger partial charge is 0.379 e. The topological polar surface area (TPSA) is 72.3 Å². The molecule has 0 aliphatic carbocycles. The Bertz CT molecular complexity index is 769. The molecule has 0 bridgehead atoms. The molecule has 7 nitrogen and oxygen atoms in total. The third kappa shape index (κ3) is 4.86. The van der Waals surface area contributed by atoms with Crippen molar-refractivity contribution in [1.29, 1.82) is 0 Å². The standard InChI is InChI=1S/C19H26ClN5O2/c1-13(2)17(24-8-10-27-11-9-24)12-21-19(26)18-22-14(3)25(23-18)16-6-4-15(20)5-7-16/h4-7,13,17H,8-12H2,1-3H3,(H,21,26). The highest BCUT2D eigenvalue weighted by molar-refractivity contribution is 6.30. The summed E-state index contributed by atoms with van der Waals surface area (Å²) >= 11 is 5.93. The Labute approximate surface area is 164 Å². The van der Waals surface area contributed by atoms with E-state index >= 15 is 0 Å². The number of hydrogen-bond donors (Lipinski definition) is 1. The molecule has 0 saturated carbocycles. The number of morpholine rings is 1. The van der Waals surface area contributed by atoms with Gasteiger partial charge in [-0.25, -0.2) is 9.67 Å². The minimum Gasteiger partial charge on any atom is -0.379 e. The van der Waals surface area contributed by atoms with Crippen LogP contribution >= 0.6 is 11.6 Å². The van der Waals surface area contributed by atoms with Crippen LogP contribution in [0.15, 0.2) is 24.3 Å². The maximum Gasteiger partial charge on any atom is 0.291 e. The Morgan fingerprint density at radius 1 is 1.26 bits per heavy atom. The third-order valence-corrected chi connectivity index (χ3v) is 5.05. The Kier molecular flexibility index (Phi) is 6.46. The summed E-state index contributed by atoms with van der Waals surface area (Å²) in [6, 6.07) is 7.52. The van der Waals surface area contributed by atoms with Gasteiger partial charge in [-0.1, -0.05) is 25.4 Å². The first-order valence-electron chi connectivity index (χ1n) is 9.25. The Morgan fingerprint density at radius 3 is 2.56 bits per heavy atom. The van der Waals surface area contributed by atoms with Gasteiger partial charge in [0.15, 0.2) is 0 Å². The lowest BCUT2D eigenvalue weighted by Crippen LogP contribution is -2.51. The fourth-order valence-electron chi connectivity index (χ4n) is 3.28. The van der Waals surface area contributed by atoms with Gasteiger partial charge in [0.05, 0.1) is 18.9 Å². The average Bonchev–Trinajstić information content (AvgIpc) is 3.05. The molecule has 1 aromatic carbocycles. The maximum atomic E-state index is 12.6. The Hall–Kier alpha value is -1.96. The Morgan fingerprint density at radius 2 is 1.93 bits per heavy atom. The molecule has 0 radical (unpaired) electrons. The Balaban J connectivity index is 1.67. The molecule has 1 amide bonds. The number of carbonyl (C=O) groups is 1. The van der Waals surface area contributed by atoms with E-state index in [9.17, 15) is 4.79 Å². The number of hydrogen-bond acceptors (Lipinski definition) is 5. The van der Waals surface area contributed by atoms with Crippen LogP contribution in [-0.2, 0) is 4.74 Å². The van der Waals surface area contributed by atoms with Gasteiger partial charge in [0, 0.05) is 30.7 Å². The molecule has 1 saturated heterocycles. The molecule has 1 N–H and O–H groups in total. The minimum absolute atomic E-state index is 0.173. The summed E-state index contributed by atoms with van der Waals surface area (Å²) in [5.41, 5.74) is 0.817. The quantitative estimate of drug-likeness (QED) is 0.818. The molecule has 1 fully saturated rings. The van der Waals surface area contributed by atoms with Crippen molar-refractivity contribution in [2.75, 3.05) is 32.8 Å². The molecule has 1 aliphatic heterocycles. The van der Waals surface area contributed by atoms with Crippen molar-refractivity contribution >= 4 is 17.5 Å². The number of rotatable bonds is 6. The summed E-state index contributed by atoms with van der Waals surface area (Å²) < 4.78 is 7.08. The van der Waals surface area contributed by atoms with Gasteiger partial charge in [-0.05, 0) is 37.1 Å². The van der Waals surface area contributed by atoms with Crippen molar-refractivity contribution in [3.05, 3.63) is 40.9 Å². The van der Waals surface area contributed by atoms with E-state index in [1.54, 1.807) is 16.8 Å². The van der Waals surface area contributed by atoms with Crippen molar-refractivity contribution in [2.45, 2.75) is 26.8 Å². The molecule has 1 aromatic heterocycles. The molecule has 0 spiro atoms. The second kappa shape index (κ2) is 8.82. The molecule has 8 heteroatoms. The zero-order valence-corrected chi connectivity index (χ0v) is 16.7. The lowest BCUT2D eigenvalue weighted by molar-refractivity contribution is 0.00670. The summed E-state index contributed by atoms with van der Waals surface area (Å²) in [5, 5.41) is 8.01. The van der Waals surface area contributed by atoms with E-state index in [1.807, 2.05) is 19.1 Å². The van der Waals surface area contributed by atoms with Crippen molar-refractivity contribution in [2.24, 2.45) is 5.92 Å². The van der Waals surface area contributed by atoms with Crippen molar-refractivity contribution < 1.29 is 9.53 Å². The fraction of sp³-hybridized carbons (Fsp3) is 0.526. The van der Waals surface area contributed by atoms with Gasteiger partial charge >= 0.3 is 0 Å². The number of nitrogens with zero attached hydrogens (tertiary/aromatic N) is 4. The van der Waals surface area contributed by atoms with E-state index in [4.69, 9.17) is 16.3 Å². The first-order chi connectivity index (χ1) is 13.0. The molecule has 1 unspecified atom stereocenters. The highest BCUT2D eigenvalue weighted by Crippen LogP contribution is 2.15. The van der Waals surface area contributed by atoms with Crippen molar-refractivity contribution in [3.8, 4) is 5.69 Å². The molecule has 1 atom stereocenters. The van der Waals surface area contributed by atoms with Gasteiger partial charge in [0.25, 0.3) is 5.91 Å². The second-order valence-electron chi connectivity index (χ2n) is 7.04. The number of halogens is 1. The van der Waals surface area contributed by atoms with Gasteiger partial charge in [-0.2, -0.15) is 0 Å². The summed E-state index contributed by atoms with van der Waals surface area (Å²) in [4.78, 5) is 19.3. The van der Waals surface area contributed by atoms with Crippen LogP contribution in [0.4, 0.5) is 0 Å². The summed E-state index contributed by atoms with van der Waals surface area (Å²) in [6.45, 7) is 9.98. The SMILES string of the molecule is Cc1nc(C(=O)NCC(C(C)C)N2CCOCC2)nn1-c1ccc(Cl)cc1. The van der Waals surface area contributed by atoms with Crippen LogP contribution in [0.2, 0.25) is 5.02 Å². The van der Waals surface area contributed by atoms with Crippen molar-refractivity contribution in [1.82, 2.24) is 25.0 Å². The first kappa shape index (κ1) is 19.8. The number of carbonyl (C=O) groups excluding carboxylic acids is 1. The third-order valence-electron chi connectivity index (χ3n) is 4.80. The molecule has 3 rings (SSSR count). The zero-order valence-electron chi connectivity index (χ0n) is 16.0. The van der Waals surface area contributed by atoms with Crippen molar-refractivity contribution in [3.63, 3.8) is 0 Å². The number of aryl methyl sites for hydroxylation is 1. The van der Waals surface area contributed by atoms with Gasteiger partial charge in [0.1, 0.15) is 5.82 Å². The minimum atomic E-state index is -0.260. The van der Waals surface area contributed by atoms with E-state index in [1.165, 1.54) is 0 Å². The fourth-order valence-corrected chi connectivity index (χ4v) is 3.41. The van der Waals surface area contributed by atoms with Crippen LogP contribution in [0, 0.1) is 12.8 Å². The van der Waals surface area contributed by atoms with Gasteiger partial charge in [-0.15, -0.1) is 5.10 Å². The second-order valence-corrected chi connectivity index (χ2v) is 7.48. The average molecular weight is 392 g/mol. The van der Waals surface area contributed by atoms with Crippen LogP contribution in [0.1, 0.15) is 30.3 Å². The zero-order chi connectivity index (χ0) is 19.4. The van der Waals surface area contributed by atoms with E-state index in [-0.39, 0.29) is 17.8 Å². The molecular formula is C19H26ClN5O2. The molecule has 2 heterocycles. The number of nitrogens with one attached hydrogen (secondary N) is 1. The lowest BCUT2D eigenvalue weighted by Gasteiger charge is -2.36. The summed E-state index contributed by atoms with van der Waals surface area (Å²) in [5.74, 6) is 0.984. The molecule has 146 valence electrons.